The number of amides is 1. The molecular weight excluding hydrogens is 703 g/mol. The topological polar surface area (TPSA) is 173 Å². The highest BCUT2D eigenvalue weighted by Gasteiger charge is 2.55. The first-order valence-corrected chi connectivity index (χ1v) is 21.9. The summed E-state index contributed by atoms with van der Waals surface area (Å²) in [6.45, 7) is 20.0. The van der Waals surface area contributed by atoms with E-state index in [1.165, 1.54) is 32.0 Å². The van der Waals surface area contributed by atoms with Gasteiger partial charge in [-0.1, -0.05) is 76.3 Å². The molecule has 14 nitrogen and oxygen atoms in total. The van der Waals surface area contributed by atoms with E-state index in [0.717, 1.165) is 5.56 Å². The predicted octanol–water partition coefficient (Wildman–Crippen LogP) is 4.68. The molecule has 0 saturated carbocycles. The van der Waals surface area contributed by atoms with Crippen LogP contribution in [0.1, 0.15) is 63.9 Å². The zero-order valence-corrected chi connectivity index (χ0v) is 33.4. The molecule has 1 saturated heterocycles. The van der Waals surface area contributed by atoms with Crippen LogP contribution in [-0.4, -0.2) is 91.6 Å². The first kappa shape index (κ1) is 40.8. The molecule has 1 amide bonds. The maximum absolute atomic E-state index is 13.1. The zero-order chi connectivity index (χ0) is 38.1. The summed E-state index contributed by atoms with van der Waals surface area (Å²) < 4.78 is 54.1. The number of hydrogen-bond acceptors (Lipinski definition) is 12. The van der Waals surface area contributed by atoms with E-state index in [1.807, 2.05) is 60.4 Å². The molecule has 5 rings (SSSR count). The molecule has 0 unspecified atom stereocenters. The van der Waals surface area contributed by atoms with Crippen molar-refractivity contribution in [2.45, 2.75) is 90.8 Å². The molecule has 1 aliphatic rings. The largest absolute Gasteiger partial charge is 0.488 e. The number of nitrogen functional groups attached to an aromatic ring is 1. The van der Waals surface area contributed by atoms with Gasteiger partial charge in [-0.2, -0.15) is 8.42 Å². The second-order valence-electron chi connectivity index (χ2n) is 13.7. The molecule has 4 aromatic rings. The minimum atomic E-state index is -4.53. The van der Waals surface area contributed by atoms with E-state index in [2.05, 4.69) is 53.7 Å². The Balaban J connectivity index is 0.000000785. The van der Waals surface area contributed by atoms with Crippen molar-refractivity contribution in [2.75, 3.05) is 32.0 Å². The third-order valence-electron chi connectivity index (χ3n) is 8.69. The lowest BCUT2D eigenvalue weighted by Gasteiger charge is -2.41. The number of nitrogens with zero attached hydrogens (tertiary/aromatic N) is 5. The van der Waals surface area contributed by atoms with Crippen LogP contribution in [0.5, 0.6) is 5.75 Å². The average molecular weight is 756 g/mol. The summed E-state index contributed by atoms with van der Waals surface area (Å²) in [4.78, 5) is 28.4. The van der Waals surface area contributed by atoms with Gasteiger partial charge in [-0.15, -0.1) is 0 Å². The number of anilines is 1. The Morgan fingerprint density at radius 1 is 1.04 bits per heavy atom. The highest BCUT2D eigenvalue weighted by molar-refractivity contribution is 7.85. The summed E-state index contributed by atoms with van der Waals surface area (Å²) in [5.41, 5.74) is 7.39. The summed E-state index contributed by atoms with van der Waals surface area (Å²) in [5.74, 6) is -0.413. The number of nitrogens with two attached hydrogens (primary N) is 1. The van der Waals surface area contributed by atoms with Crippen molar-refractivity contribution in [3.63, 3.8) is 0 Å². The van der Waals surface area contributed by atoms with Crippen LogP contribution in [0, 0.1) is 0 Å². The first-order chi connectivity index (χ1) is 24.6. The van der Waals surface area contributed by atoms with Gasteiger partial charge in [-0.25, -0.2) is 19.7 Å². The van der Waals surface area contributed by atoms with Crippen molar-refractivity contribution in [2.24, 2.45) is 0 Å². The molecule has 3 atom stereocenters. The quantitative estimate of drug-likeness (QED) is 0.171. The molecule has 1 fully saturated rings. The van der Waals surface area contributed by atoms with Crippen LogP contribution in [0.2, 0.25) is 13.1 Å². The van der Waals surface area contributed by atoms with Gasteiger partial charge in [0.1, 0.15) is 30.3 Å². The number of nitrogens with one attached hydrogen (secondary N) is 1. The van der Waals surface area contributed by atoms with E-state index in [1.54, 1.807) is 24.5 Å². The molecule has 0 spiro atoms. The van der Waals surface area contributed by atoms with Crippen molar-refractivity contribution in [3.05, 3.63) is 78.4 Å². The molecule has 2 aromatic carbocycles. The van der Waals surface area contributed by atoms with Gasteiger partial charge >= 0.3 is 10.3 Å². The third kappa shape index (κ3) is 10.1. The van der Waals surface area contributed by atoms with Gasteiger partial charge in [-0.3, -0.25) is 13.5 Å². The SMILES string of the molecule is CCN(CC)CC.C[SiH](C)[C@@]1(n2cnc3c(N)ncnc32)O[C@H](COS(=O)(=O)NC(=O)c2ccccc2OCc2ccccc2)C[C@H]1OC(C)(C)C. The number of hydrogen-bond donors (Lipinski definition) is 2. The molecule has 16 heteroatoms. The molecule has 2 aromatic heterocycles. The Labute approximate surface area is 308 Å². The molecule has 3 N–H and O–H groups in total. The van der Waals surface area contributed by atoms with E-state index in [0.29, 0.717) is 17.6 Å². The van der Waals surface area contributed by atoms with E-state index in [-0.39, 0.29) is 30.3 Å². The fourth-order valence-corrected chi connectivity index (χ4v) is 9.00. The number of rotatable bonds is 14. The lowest BCUT2D eigenvalue weighted by Crippen LogP contribution is -2.54. The summed E-state index contributed by atoms with van der Waals surface area (Å²) in [5, 5.41) is -1.00. The van der Waals surface area contributed by atoms with E-state index < -0.39 is 48.2 Å². The van der Waals surface area contributed by atoms with Crippen molar-refractivity contribution >= 4 is 42.0 Å². The summed E-state index contributed by atoms with van der Waals surface area (Å²) >= 11 is 0. The van der Waals surface area contributed by atoms with Crippen molar-refractivity contribution in [1.82, 2.24) is 29.1 Å². The molecule has 52 heavy (non-hydrogen) atoms. The highest BCUT2D eigenvalue weighted by atomic mass is 32.2. The van der Waals surface area contributed by atoms with Gasteiger partial charge in [-0.05, 0) is 58.1 Å². The predicted molar refractivity (Wildman–Crippen MR) is 204 cm³/mol. The van der Waals surface area contributed by atoms with Crippen LogP contribution in [0.15, 0.2) is 67.3 Å². The summed E-state index contributed by atoms with van der Waals surface area (Å²) in [6.07, 6.45) is 2.11. The van der Waals surface area contributed by atoms with Crippen LogP contribution in [0.3, 0.4) is 0 Å². The Kier molecular flexibility index (Phi) is 13.9. The van der Waals surface area contributed by atoms with E-state index in [4.69, 9.17) is 24.1 Å². The lowest BCUT2D eigenvalue weighted by molar-refractivity contribution is -0.143. The minimum Gasteiger partial charge on any atom is -0.488 e. The van der Waals surface area contributed by atoms with Crippen LogP contribution >= 0.6 is 0 Å². The Morgan fingerprint density at radius 3 is 2.31 bits per heavy atom. The Bertz CT molecular complexity index is 1860. The van der Waals surface area contributed by atoms with Crippen LogP contribution in [0.25, 0.3) is 11.2 Å². The molecule has 0 radical (unpaired) electrons. The van der Waals surface area contributed by atoms with Gasteiger partial charge in [0, 0.05) is 6.42 Å². The van der Waals surface area contributed by atoms with Gasteiger partial charge in [0.15, 0.2) is 16.8 Å². The molecular formula is C36H53N7O7SSi. The first-order valence-electron chi connectivity index (χ1n) is 17.6. The van der Waals surface area contributed by atoms with Crippen LogP contribution in [-0.2, 0) is 35.9 Å². The number of benzene rings is 2. The normalized spacial score (nSPS) is 19.1. The summed E-state index contributed by atoms with van der Waals surface area (Å²) in [7, 11) is -6.37. The number of para-hydroxylation sites is 1. The van der Waals surface area contributed by atoms with Crippen LogP contribution in [0.4, 0.5) is 5.82 Å². The molecule has 0 bridgehead atoms. The fraction of sp³-hybridized carbons (Fsp3) is 0.500. The standard InChI is InChI=1S/C30H38N6O7SSi.C6H15N/c1-29(2,3)43-24-15-21(42-30(24,45(4)5)36-19-34-25-26(31)32-18-33-27(25)36)17-41-44(38,39)35-28(37)22-13-9-10-14-23(22)40-16-20-11-7-6-8-12-20;1-4-7(5-2)6-3/h6-14,18-19,21,24,45H,15-17H2,1-5H3,(H,35,37)(H2,31,32,33);4-6H2,1-3H3/t21-,24+,30-;/m0./s1. The lowest BCUT2D eigenvalue weighted by atomic mass is 10.1. The van der Waals surface area contributed by atoms with Crippen LogP contribution < -0.4 is 15.2 Å². The minimum absolute atomic E-state index is 0.0504. The highest BCUT2D eigenvalue weighted by Crippen LogP contribution is 2.43. The number of carbonyl (C=O) groups is 1. The monoisotopic (exact) mass is 755 g/mol. The van der Waals surface area contributed by atoms with Crippen molar-refractivity contribution in [3.8, 4) is 5.75 Å². The summed E-state index contributed by atoms with van der Waals surface area (Å²) in [6, 6.07) is 15.8. The molecule has 3 heterocycles. The van der Waals surface area contributed by atoms with Gasteiger partial charge in [0.2, 0.25) is 0 Å². The van der Waals surface area contributed by atoms with Gasteiger partial charge in [0.05, 0.1) is 39.0 Å². The van der Waals surface area contributed by atoms with E-state index in [9.17, 15) is 13.2 Å². The molecule has 284 valence electrons. The Morgan fingerprint density at radius 2 is 1.69 bits per heavy atom. The number of carbonyl (C=O) groups excluding carboxylic acids is 1. The smallest absolute Gasteiger partial charge is 0.362 e. The van der Waals surface area contributed by atoms with E-state index >= 15 is 0 Å². The number of aromatic nitrogens is 4. The van der Waals surface area contributed by atoms with Gasteiger partial charge in [0.25, 0.3) is 5.91 Å². The molecule has 1 aliphatic heterocycles. The number of ether oxygens (including phenoxy) is 3. The second kappa shape index (κ2) is 17.7. The molecule has 0 aliphatic carbocycles. The zero-order valence-electron chi connectivity index (χ0n) is 31.4. The number of fused-ring (bicyclic) bond motifs is 1. The maximum atomic E-state index is 13.1. The van der Waals surface area contributed by atoms with Gasteiger partial charge < -0.3 is 24.8 Å². The maximum Gasteiger partial charge on any atom is 0.362 e. The van der Waals surface area contributed by atoms with Crippen molar-refractivity contribution in [1.29, 1.82) is 0 Å². The van der Waals surface area contributed by atoms with Crippen molar-refractivity contribution < 1.29 is 31.6 Å². The number of imidazole rings is 1. The second-order valence-corrected chi connectivity index (χ2v) is 18.2. The average Bonchev–Trinajstić information content (AvgIpc) is 3.70. The fourth-order valence-electron chi connectivity index (χ4n) is 6.12. The Hall–Kier alpha value is -3.93. The third-order valence-corrected chi connectivity index (χ3v) is 12.0.